The lowest BCUT2D eigenvalue weighted by atomic mass is 10.2. The fourth-order valence-corrected chi connectivity index (χ4v) is 3.35. The van der Waals surface area contributed by atoms with Crippen molar-refractivity contribution < 1.29 is 4.79 Å². The second kappa shape index (κ2) is 7.57. The molecule has 1 amide bonds. The average Bonchev–Trinajstić information content (AvgIpc) is 3.32. The Balaban J connectivity index is 1.66. The Labute approximate surface area is 174 Å². The van der Waals surface area contributed by atoms with Crippen molar-refractivity contribution in [1.82, 2.24) is 24.8 Å². The maximum absolute atomic E-state index is 12.9. The fourth-order valence-electron chi connectivity index (χ4n) is 2.79. The summed E-state index contributed by atoms with van der Waals surface area (Å²) in [7, 11) is 0. The summed E-state index contributed by atoms with van der Waals surface area (Å²) < 4.78 is 4.18. The molecular weight excluding hydrogens is 444 g/mol. The summed E-state index contributed by atoms with van der Waals surface area (Å²) in [5.74, 6) is -0.380. The van der Waals surface area contributed by atoms with Crippen molar-refractivity contribution in [2.75, 3.05) is 5.32 Å². The van der Waals surface area contributed by atoms with Gasteiger partial charge in [-0.25, -0.2) is 9.36 Å². The van der Waals surface area contributed by atoms with Gasteiger partial charge in [0.1, 0.15) is 0 Å². The van der Waals surface area contributed by atoms with Gasteiger partial charge < -0.3 is 5.32 Å². The van der Waals surface area contributed by atoms with E-state index in [1.54, 1.807) is 52.9 Å². The average molecular weight is 458 g/mol. The number of carbonyl (C=O) groups excluding carboxylic acids is 1. The predicted molar refractivity (Wildman–Crippen MR) is 110 cm³/mol. The van der Waals surface area contributed by atoms with Gasteiger partial charge in [-0.05, 0) is 49.4 Å². The monoisotopic (exact) mass is 456 g/mol. The van der Waals surface area contributed by atoms with Gasteiger partial charge in [0, 0.05) is 21.9 Å². The molecule has 0 fully saturated rings. The second-order valence-electron chi connectivity index (χ2n) is 5.98. The first-order chi connectivity index (χ1) is 13.5. The largest absolute Gasteiger partial charge is 0.319 e. The van der Waals surface area contributed by atoms with E-state index in [4.69, 9.17) is 11.6 Å². The van der Waals surface area contributed by atoms with Gasteiger partial charge in [0.05, 0.1) is 22.8 Å². The predicted octanol–water partition coefficient (Wildman–Crippen LogP) is 4.43. The molecular formula is C19H14BrClN6O. The zero-order valence-electron chi connectivity index (χ0n) is 14.7. The zero-order chi connectivity index (χ0) is 19.7. The molecule has 0 radical (unpaired) electrons. The molecule has 0 spiro atoms. The van der Waals surface area contributed by atoms with Crippen LogP contribution >= 0.6 is 27.5 Å². The van der Waals surface area contributed by atoms with Crippen LogP contribution in [0.5, 0.6) is 0 Å². The number of halogens is 2. The highest BCUT2D eigenvalue weighted by Gasteiger charge is 2.19. The minimum atomic E-state index is -0.380. The van der Waals surface area contributed by atoms with E-state index >= 15 is 0 Å². The van der Waals surface area contributed by atoms with E-state index in [0.717, 1.165) is 10.2 Å². The third kappa shape index (κ3) is 3.56. The first kappa shape index (κ1) is 18.4. The lowest BCUT2D eigenvalue weighted by Crippen LogP contribution is -2.16. The summed E-state index contributed by atoms with van der Waals surface area (Å²) >= 11 is 9.56. The van der Waals surface area contributed by atoms with E-state index in [0.29, 0.717) is 22.1 Å². The smallest absolute Gasteiger partial charge is 0.278 e. The van der Waals surface area contributed by atoms with Gasteiger partial charge in [-0.3, -0.25) is 4.79 Å². The number of hydrogen-bond acceptors (Lipinski definition) is 4. The van der Waals surface area contributed by atoms with Gasteiger partial charge >= 0.3 is 0 Å². The molecule has 0 saturated heterocycles. The van der Waals surface area contributed by atoms with Crippen molar-refractivity contribution in [3.05, 3.63) is 81.8 Å². The number of nitrogens with one attached hydrogen (secondary N) is 1. The van der Waals surface area contributed by atoms with Gasteiger partial charge in [-0.2, -0.15) is 5.10 Å². The van der Waals surface area contributed by atoms with E-state index in [-0.39, 0.29) is 11.6 Å². The van der Waals surface area contributed by atoms with Gasteiger partial charge in [0.2, 0.25) is 0 Å². The van der Waals surface area contributed by atoms with Crippen molar-refractivity contribution in [2.45, 2.75) is 6.92 Å². The van der Waals surface area contributed by atoms with E-state index in [9.17, 15) is 4.79 Å². The van der Waals surface area contributed by atoms with Gasteiger partial charge in [0.25, 0.3) is 5.91 Å². The van der Waals surface area contributed by atoms with E-state index in [1.165, 1.54) is 0 Å². The van der Waals surface area contributed by atoms with E-state index in [2.05, 4.69) is 36.7 Å². The summed E-state index contributed by atoms with van der Waals surface area (Å²) in [5.41, 5.74) is 2.88. The second-order valence-corrected chi connectivity index (χ2v) is 7.33. The highest BCUT2D eigenvalue weighted by atomic mass is 79.9. The number of amides is 1. The molecule has 0 atom stereocenters. The summed E-state index contributed by atoms with van der Waals surface area (Å²) in [5, 5.41) is 15.8. The van der Waals surface area contributed by atoms with Crippen molar-refractivity contribution >= 4 is 39.1 Å². The van der Waals surface area contributed by atoms with Crippen molar-refractivity contribution in [3.8, 4) is 11.4 Å². The molecule has 4 aromatic rings. The van der Waals surface area contributed by atoms with Crippen LogP contribution in [0.4, 0.5) is 5.69 Å². The minimum Gasteiger partial charge on any atom is -0.319 e. The molecule has 2 heterocycles. The highest BCUT2D eigenvalue weighted by Crippen LogP contribution is 2.25. The van der Waals surface area contributed by atoms with Crippen LogP contribution in [0.15, 0.2) is 65.4 Å². The number of carbonyl (C=O) groups is 1. The molecule has 0 saturated carbocycles. The zero-order valence-corrected chi connectivity index (χ0v) is 17.0. The van der Waals surface area contributed by atoms with Crippen LogP contribution < -0.4 is 5.32 Å². The van der Waals surface area contributed by atoms with Crippen LogP contribution in [0.2, 0.25) is 5.02 Å². The Hall–Kier alpha value is -2.97. The summed E-state index contributed by atoms with van der Waals surface area (Å²) in [6, 6.07) is 14.6. The lowest BCUT2D eigenvalue weighted by Gasteiger charge is -2.11. The van der Waals surface area contributed by atoms with E-state index < -0.39 is 0 Å². The van der Waals surface area contributed by atoms with Crippen LogP contribution in [0.25, 0.3) is 11.4 Å². The number of nitrogens with zero attached hydrogens (tertiary/aromatic N) is 5. The molecule has 0 bridgehead atoms. The molecule has 7 nitrogen and oxygen atoms in total. The minimum absolute atomic E-state index is 0.228. The molecule has 2 aromatic carbocycles. The van der Waals surface area contributed by atoms with Crippen molar-refractivity contribution in [1.29, 1.82) is 0 Å². The summed E-state index contributed by atoms with van der Waals surface area (Å²) in [6.45, 7) is 1.79. The molecule has 1 N–H and O–H groups in total. The Morgan fingerprint density at radius 1 is 1.18 bits per heavy atom. The van der Waals surface area contributed by atoms with Crippen LogP contribution in [0.1, 0.15) is 16.2 Å². The Morgan fingerprint density at radius 3 is 2.79 bits per heavy atom. The molecule has 0 unspecified atom stereocenters. The molecule has 0 aliphatic carbocycles. The summed E-state index contributed by atoms with van der Waals surface area (Å²) in [6.07, 6.45) is 3.45. The first-order valence-corrected chi connectivity index (χ1v) is 9.49. The van der Waals surface area contributed by atoms with Crippen LogP contribution in [-0.2, 0) is 0 Å². The molecule has 140 valence electrons. The standard InChI is InChI=1S/C19H14BrClN6O/c1-12-18(24-25-27(12)15-5-2-4-13(20)10-15)19(28)23-16-11-14(21)6-7-17(16)26-9-3-8-22-26/h2-11H,1H3,(H,23,28). The Bertz CT molecular complexity index is 1160. The molecule has 4 rings (SSSR count). The Morgan fingerprint density at radius 2 is 2.04 bits per heavy atom. The topological polar surface area (TPSA) is 77.6 Å². The third-order valence-electron chi connectivity index (χ3n) is 4.12. The van der Waals surface area contributed by atoms with Gasteiger partial charge in [0.15, 0.2) is 5.69 Å². The lowest BCUT2D eigenvalue weighted by molar-refractivity contribution is 0.102. The van der Waals surface area contributed by atoms with Crippen LogP contribution in [0, 0.1) is 6.92 Å². The number of benzene rings is 2. The highest BCUT2D eigenvalue weighted by molar-refractivity contribution is 9.10. The molecule has 0 aliphatic rings. The number of aromatic nitrogens is 5. The fraction of sp³-hybridized carbons (Fsp3) is 0.0526. The maximum atomic E-state index is 12.9. The van der Waals surface area contributed by atoms with Crippen molar-refractivity contribution in [2.24, 2.45) is 0 Å². The quantitative estimate of drug-likeness (QED) is 0.492. The SMILES string of the molecule is Cc1c(C(=O)Nc2cc(Cl)ccc2-n2cccn2)nnn1-c1cccc(Br)c1. The number of hydrogen-bond donors (Lipinski definition) is 1. The van der Waals surface area contributed by atoms with Crippen LogP contribution in [0.3, 0.4) is 0 Å². The molecule has 28 heavy (non-hydrogen) atoms. The number of anilines is 1. The molecule has 2 aromatic heterocycles. The van der Waals surface area contributed by atoms with Gasteiger partial charge in [-0.1, -0.05) is 38.8 Å². The summed E-state index contributed by atoms with van der Waals surface area (Å²) in [4.78, 5) is 12.9. The number of rotatable bonds is 4. The molecule has 9 heteroatoms. The third-order valence-corrected chi connectivity index (χ3v) is 4.85. The normalized spacial score (nSPS) is 10.8. The van der Waals surface area contributed by atoms with Crippen molar-refractivity contribution in [3.63, 3.8) is 0 Å². The first-order valence-electron chi connectivity index (χ1n) is 8.32. The maximum Gasteiger partial charge on any atom is 0.278 e. The van der Waals surface area contributed by atoms with Crippen LogP contribution in [-0.4, -0.2) is 30.7 Å². The Kier molecular flexibility index (Phi) is 4.97. The van der Waals surface area contributed by atoms with E-state index in [1.807, 2.05) is 24.3 Å². The van der Waals surface area contributed by atoms with Gasteiger partial charge in [-0.15, -0.1) is 5.10 Å². The molecule has 0 aliphatic heterocycles.